The molecule has 2 heteroatoms. The first-order chi connectivity index (χ1) is 6.27. The third-order valence-electron chi connectivity index (χ3n) is 3.54. The van der Waals surface area contributed by atoms with Crippen molar-refractivity contribution in [1.29, 1.82) is 0 Å². The van der Waals surface area contributed by atoms with Crippen molar-refractivity contribution in [2.24, 2.45) is 23.7 Å². The zero-order chi connectivity index (χ0) is 9.00. The van der Waals surface area contributed by atoms with E-state index in [1.165, 1.54) is 6.08 Å². The van der Waals surface area contributed by atoms with Crippen molar-refractivity contribution in [3.05, 3.63) is 24.3 Å². The summed E-state index contributed by atoms with van der Waals surface area (Å²) in [7, 11) is 0. The monoisotopic (exact) mass is 174 g/mol. The lowest BCUT2D eigenvalue weighted by Gasteiger charge is -2.25. The molecule has 0 amide bonds. The summed E-state index contributed by atoms with van der Waals surface area (Å²) in [5.74, 6) is 0.693. The summed E-state index contributed by atoms with van der Waals surface area (Å²) in [6.45, 7) is 0. The Morgan fingerprint density at radius 1 is 1.08 bits per heavy atom. The lowest BCUT2D eigenvalue weighted by Crippen LogP contribution is -2.34. The Morgan fingerprint density at radius 2 is 1.85 bits per heavy atom. The highest BCUT2D eigenvalue weighted by Gasteiger charge is 2.49. The van der Waals surface area contributed by atoms with Crippen molar-refractivity contribution in [2.45, 2.75) is 6.42 Å². The molecule has 2 bridgehead atoms. The number of fused-ring (bicyclic) bond motifs is 5. The van der Waals surface area contributed by atoms with Gasteiger partial charge < -0.3 is 0 Å². The van der Waals surface area contributed by atoms with Crippen LogP contribution in [0, 0.1) is 23.7 Å². The molecule has 1 saturated carbocycles. The number of Topliss-reactive ketones (excluding diaryl/α,β-unsaturated/α-hetero) is 1. The molecule has 4 atom stereocenters. The van der Waals surface area contributed by atoms with E-state index < -0.39 is 0 Å². The topological polar surface area (TPSA) is 34.1 Å². The van der Waals surface area contributed by atoms with Gasteiger partial charge in [0.25, 0.3) is 0 Å². The van der Waals surface area contributed by atoms with E-state index in [-0.39, 0.29) is 17.5 Å². The van der Waals surface area contributed by atoms with E-state index in [4.69, 9.17) is 0 Å². The molecule has 3 rings (SSSR count). The zero-order valence-electron chi connectivity index (χ0n) is 7.14. The molecule has 0 heterocycles. The number of rotatable bonds is 0. The van der Waals surface area contributed by atoms with Gasteiger partial charge in [-0.2, -0.15) is 0 Å². The largest absolute Gasteiger partial charge is 0.290 e. The number of ketones is 2. The maximum absolute atomic E-state index is 11.6. The van der Waals surface area contributed by atoms with Crippen molar-refractivity contribution < 1.29 is 9.59 Å². The summed E-state index contributed by atoms with van der Waals surface area (Å²) in [6.07, 6.45) is 8.76. The van der Waals surface area contributed by atoms with Gasteiger partial charge in [-0.3, -0.25) is 9.59 Å². The summed E-state index contributed by atoms with van der Waals surface area (Å²) < 4.78 is 0. The molecular weight excluding hydrogens is 164 g/mol. The molecule has 0 aliphatic heterocycles. The van der Waals surface area contributed by atoms with Crippen molar-refractivity contribution >= 4 is 11.6 Å². The van der Waals surface area contributed by atoms with E-state index in [1.807, 2.05) is 6.08 Å². The van der Waals surface area contributed by atoms with E-state index in [9.17, 15) is 9.59 Å². The van der Waals surface area contributed by atoms with Gasteiger partial charge in [0.15, 0.2) is 0 Å². The summed E-state index contributed by atoms with van der Waals surface area (Å²) in [5.41, 5.74) is 0. The second-order valence-electron chi connectivity index (χ2n) is 4.14. The Morgan fingerprint density at radius 3 is 2.69 bits per heavy atom. The first kappa shape index (κ1) is 7.25. The van der Waals surface area contributed by atoms with Crippen LogP contribution in [0.15, 0.2) is 24.3 Å². The molecular formula is C11H10O2. The predicted molar refractivity (Wildman–Crippen MR) is 46.9 cm³/mol. The maximum atomic E-state index is 11.6. The van der Waals surface area contributed by atoms with Crippen molar-refractivity contribution in [3.63, 3.8) is 0 Å². The molecule has 66 valence electrons. The standard InChI is InChI=1S/C11H10O2/c12-9-4-3-8-6-1-2-7(5-6)10(8)11(9)13/h1-4,6-8,10H,5H2. The Hall–Kier alpha value is -1.18. The van der Waals surface area contributed by atoms with E-state index in [2.05, 4.69) is 12.2 Å². The SMILES string of the molecule is O=C1C=CC2C3C=CC(C3)C2C1=O. The van der Waals surface area contributed by atoms with E-state index in [0.717, 1.165) is 6.42 Å². The molecule has 0 N–H and O–H groups in total. The summed E-state index contributed by atoms with van der Waals surface area (Å²) >= 11 is 0. The fraction of sp³-hybridized carbons (Fsp3) is 0.455. The van der Waals surface area contributed by atoms with Crippen LogP contribution in [0.1, 0.15) is 6.42 Å². The fourth-order valence-corrected chi connectivity index (χ4v) is 2.94. The molecule has 0 spiro atoms. The third kappa shape index (κ3) is 0.781. The average molecular weight is 174 g/mol. The Labute approximate surface area is 76.3 Å². The highest BCUT2D eigenvalue weighted by atomic mass is 16.2. The quantitative estimate of drug-likeness (QED) is 0.407. The molecule has 2 nitrogen and oxygen atoms in total. The van der Waals surface area contributed by atoms with Gasteiger partial charge in [0, 0.05) is 5.92 Å². The highest BCUT2D eigenvalue weighted by molar-refractivity contribution is 6.43. The van der Waals surface area contributed by atoms with E-state index in [1.54, 1.807) is 0 Å². The van der Waals surface area contributed by atoms with Gasteiger partial charge in [-0.05, 0) is 30.3 Å². The number of carbonyl (C=O) groups is 2. The number of hydrogen-bond donors (Lipinski definition) is 0. The van der Waals surface area contributed by atoms with Gasteiger partial charge in [0.1, 0.15) is 0 Å². The first-order valence-electron chi connectivity index (χ1n) is 4.72. The van der Waals surface area contributed by atoms with Crippen molar-refractivity contribution in [3.8, 4) is 0 Å². The fourth-order valence-electron chi connectivity index (χ4n) is 2.94. The van der Waals surface area contributed by atoms with Gasteiger partial charge in [0.2, 0.25) is 11.6 Å². The number of allylic oxidation sites excluding steroid dienone is 4. The lowest BCUT2D eigenvalue weighted by atomic mass is 9.76. The minimum atomic E-state index is -0.304. The van der Waals surface area contributed by atoms with E-state index in [0.29, 0.717) is 17.8 Å². The van der Waals surface area contributed by atoms with Gasteiger partial charge in [0.05, 0.1) is 0 Å². The molecule has 0 radical (unpaired) electrons. The molecule has 3 aliphatic carbocycles. The second kappa shape index (κ2) is 2.19. The molecule has 13 heavy (non-hydrogen) atoms. The first-order valence-corrected chi connectivity index (χ1v) is 4.72. The number of hydrogen-bond acceptors (Lipinski definition) is 2. The molecule has 0 aromatic rings. The van der Waals surface area contributed by atoms with Gasteiger partial charge >= 0.3 is 0 Å². The van der Waals surface area contributed by atoms with Crippen LogP contribution in [-0.4, -0.2) is 11.6 Å². The zero-order valence-corrected chi connectivity index (χ0v) is 7.14. The van der Waals surface area contributed by atoms with Crippen LogP contribution in [-0.2, 0) is 9.59 Å². The molecule has 0 aromatic carbocycles. The third-order valence-corrected chi connectivity index (χ3v) is 3.54. The van der Waals surface area contributed by atoms with Gasteiger partial charge in [-0.15, -0.1) is 0 Å². The average Bonchev–Trinajstić information content (AvgIpc) is 2.70. The van der Waals surface area contributed by atoms with Crippen molar-refractivity contribution in [2.75, 3.05) is 0 Å². The van der Waals surface area contributed by atoms with Crippen LogP contribution >= 0.6 is 0 Å². The molecule has 0 saturated heterocycles. The normalized spacial score (nSPS) is 45.8. The van der Waals surface area contributed by atoms with Gasteiger partial charge in [-0.25, -0.2) is 0 Å². The Kier molecular flexibility index (Phi) is 1.22. The Bertz CT molecular complexity index is 351. The minimum Gasteiger partial charge on any atom is -0.290 e. The number of carbonyl (C=O) groups excluding carboxylic acids is 2. The molecule has 3 aliphatic rings. The Balaban J connectivity index is 2.07. The minimum absolute atomic E-state index is 0.0208. The second-order valence-corrected chi connectivity index (χ2v) is 4.14. The molecule has 4 unspecified atom stereocenters. The van der Waals surface area contributed by atoms with Crippen LogP contribution in [0.3, 0.4) is 0 Å². The van der Waals surface area contributed by atoms with Crippen molar-refractivity contribution in [1.82, 2.24) is 0 Å². The highest BCUT2D eigenvalue weighted by Crippen LogP contribution is 2.50. The predicted octanol–water partition coefficient (Wildman–Crippen LogP) is 1.13. The van der Waals surface area contributed by atoms with Crippen LogP contribution in [0.25, 0.3) is 0 Å². The van der Waals surface area contributed by atoms with E-state index >= 15 is 0 Å². The summed E-state index contributed by atoms with van der Waals surface area (Å²) in [6, 6.07) is 0. The lowest BCUT2D eigenvalue weighted by molar-refractivity contribution is -0.138. The van der Waals surface area contributed by atoms with Crippen LogP contribution in [0.4, 0.5) is 0 Å². The summed E-state index contributed by atoms with van der Waals surface area (Å²) in [4.78, 5) is 22.7. The molecule has 0 aromatic heterocycles. The van der Waals surface area contributed by atoms with Crippen LogP contribution < -0.4 is 0 Å². The molecule has 1 fully saturated rings. The summed E-state index contributed by atoms with van der Waals surface area (Å²) in [5, 5.41) is 0. The van der Waals surface area contributed by atoms with Gasteiger partial charge in [-0.1, -0.05) is 18.2 Å². The van der Waals surface area contributed by atoms with Crippen LogP contribution in [0.5, 0.6) is 0 Å². The van der Waals surface area contributed by atoms with Crippen LogP contribution in [0.2, 0.25) is 0 Å². The maximum Gasteiger partial charge on any atom is 0.221 e. The smallest absolute Gasteiger partial charge is 0.221 e.